The van der Waals surface area contributed by atoms with Crippen molar-refractivity contribution in [3.8, 4) is 0 Å². The molecule has 0 unspecified atom stereocenters. The predicted molar refractivity (Wildman–Crippen MR) is 48.0 cm³/mol. The lowest BCUT2D eigenvalue weighted by atomic mass is 10.2. The molecule has 2 rings (SSSR count). The van der Waals surface area contributed by atoms with E-state index in [1.165, 1.54) is 36.2 Å². The van der Waals surface area contributed by atoms with E-state index in [9.17, 15) is 0 Å². The molecular weight excluding hydrogens is 150 g/mol. The molecule has 2 N–H and O–H groups in total. The van der Waals surface area contributed by atoms with Gasteiger partial charge in [0.1, 0.15) is 0 Å². The highest BCUT2D eigenvalue weighted by Crippen LogP contribution is 2.22. The molecule has 1 aliphatic carbocycles. The number of H-pyrrole nitrogens is 1. The van der Waals surface area contributed by atoms with Crippen LogP contribution in [0.25, 0.3) is 0 Å². The molecule has 0 radical (unpaired) electrons. The Morgan fingerprint density at radius 2 is 2.42 bits per heavy atom. The Balaban J connectivity index is 2.11. The third kappa shape index (κ3) is 1.25. The van der Waals surface area contributed by atoms with Crippen LogP contribution in [0.4, 0.5) is 0 Å². The van der Waals surface area contributed by atoms with Crippen molar-refractivity contribution in [3.05, 3.63) is 17.0 Å². The maximum atomic E-state index is 4.29. The predicted octanol–water partition coefficient (Wildman–Crippen LogP) is 1.01. The standard InChI is InChI=1S/C9H15N3/c1-2-10-6-9-7-4-3-5-8(7)11-12-9/h10H,2-6H2,1H3,(H,11,12). The first kappa shape index (κ1) is 7.80. The van der Waals surface area contributed by atoms with E-state index in [2.05, 4.69) is 22.4 Å². The summed E-state index contributed by atoms with van der Waals surface area (Å²) in [6, 6.07) is 0. The molecule has 1 heterocycles. The van der Waals surface area contributed by atoms with Gasteiger partial charge in [-0.1, -0.05) is 6.92 Å². The molecule has 0 saturated heterocycles. The molecule has 66 valence electrons. The summed E-state index contributed by atoms with van der Waals surface area (Å²) in [5.41, 5.74) is 4.06. The van der Waals surface area contributed by atoms with Crippen LogP contribution in [0.2, 0.25) is 0 Å². The Kier molecular flexibility index (Phi) is 2.13. The highest BCUT2D eigenvalue weighted by atomic mass is 15.1. The summed E-state index contributed by atoms with van der Waals surface area (Å²) in [6.07, 6.45) is 3.70. The van der Waals surface area contributed by atoms with Gasteiger partial charge in [0, 0.05) is 12.2 Å². The first-order valence-electron chi connectivity index (χ1n) is 4.67. The SMILES string of the molecule is CCNCc1n[nH]c2c1CCC2. The second kappa shape index (κ2) is 3.27. The molecule has 1 aromatic rings. The Labute approximate surface area is 72.6 Å². The van der Waals surface area contributed by atoms with Gasteiger partial charge in [-0.05, 0) is 31.4 Å². The van der Waals surface area contributed by atoms with Gasteiger partial charge in [0.05, 0.1) is 5.69 Å². The summed E-state index contributed by atoms with van der Waals surface area (Å²) in [5.74, 6) is 0. The van der Waals surface area contributed by atoms with Crippen molar-refractivity contribution in [1.82, 2.24) is 15.5 Å². The number of aromatic nitrogens is 2. The average Bonchev–Trinajstić information content (AvgIpc) is 2.62. The Morgan fingerprint density at radius 3 is 3.25 bits per heavy atom. The van der Waals surface area contributed by atoms with Crippen LogP contribution in [0.3, 0.4) is 0 Å². The van der Waals surface area contributed by atoms with E-state index in [4.69, 9.17) is 0 Å². The molecule has 3 heteroatoms. The zero-order valence-electron chi connectivity index (χ0n) is 7.48. The summed E-state index contributed by atoms with van der Waals surface area (Å²) in [6.45, 7) is 4.05. The Hall–Kier alpha value is -0.830. The van der Waals surface area contributed by atoms with Crippen LogP contribution in [0.15, 0.2) is 0 Å². The largest absolute Gasteiger partial charge is 0.311 e. The highest BCUT2D eigenvalue weighted by molar-refractivity contribution is 5.29. The van der Waals surface area contributed by atoms with E-state index >= 15 is 0 Å². The van der Waals surface area contributed by atoms with Gasteiger partial charge in [-0.25, -0.2) is 0 Å². The second-order valence-electron chi connectivity index (χ2n) is 3.26. The summed E-state index contributed by atoms with van der Waals surface area (Å²) >= 11 is 0. The molecule has 0 spiro atoms. The molecule has 0 aliphatic heterocycles. The monoisotopic (exact) mass is 165 g/mol. The van der Waals surface area contributed by atoms with Crippen LogP contribution < -0.4 is 5.32 Å². The molecule has 1 aliphatic rings. The fourth-order valence-electron chi connectivity index (χ4n) is 1.78. The molecule has 0 saturated carbocycles. The van der Waals surface area contributed by atoms with Crippen LogP contribution in [0.5, 0.6) is 0 Å². The molecule has 12 heavy (non-hydrogen) atoms. The Bertz CT molecular complexity index is 265. The van der Waals surface area contributed by atoms with Gasteiger partial charge in [0.15, 0.2) is 0 Å². The van der Waals surface area contributed by atoms with E-state index < -0.39 is 0 Å². The van der Waals surface area contributed by atoms with Gasteiger partial charge in [-0.15, -0.1) is 0 Å². The number of nitrogens with one attached hydrogen (secondary N) is 2. The minimum absolute atomic E-state index is 0.919. The number of aromatic amines is 1. The number of aryl methyl sites for hydroxylation is 1. The highest BCUT2D eigenvalue weighted by Gasteiger charge is 2.17. The first-order valence-corrected chi connectivity index (χ1v) is 4.67. The van der Waals surface area contributed by atoms with Gasteiger partial charge in [-0.3, -0.25) is 5.10 Å². The lowest BCUT2D eigenvalue weighted by Crippen LogP contribution is -2.13. The zero-order chi connectivity index (χ0) is 8.39. The molecule has 0 aromatic carbocycles. The van der Waals surface area contributed by atoms with Gasteiger partial charge in [-0.2, -0.15) is 5.10 Å². The van der Waals surface area contributed by atoms with Crippen molar-refractivity contribution in [2.45, 2.75) is 32.7 Å². The number of rotatable bonds is 3. The zero-order valence-corrected chi connectivity index (χ0v) is 7.48. The van der Waals surface area contributed by atoms with Crippen molar-refractivity contribution < 1.29 is 0 Å². The summed E-state index contributed by atoms with van der Waals surface area (Å²) in [4.78, 5) is 0. The average molecular weight is 165 g/mol. The van der Waals surface area contributed by atoms with Crippen molar-refractivity contribution in [2.75, 3.05) is 6.54 Å². The van der Waals surface area contributed by atoms with Crippen LogP contribution in [-0.4, -0.2) is 16.7 Å². The van der Waals surface area contributed by atoms with Crippen molar-refractivity contribution in [3.63, 3.8) is 0 Å². The third-order valence-electron chi connectivity index (χ3n) is 2.43. The van der Waals surface area contributed by atoms with Gasteiger partial charge < -0.3 is 5.32 Å². The van der Waals surface area contributed by atoms with E-state index in [1.54, 1.807) is 0 Å². The summed E-state index contributed by atoms with van der Waals surface area (Å²) in [5, 5.41) is 10.7. The van der Waals surface area contributed by atoms with Crippen molar-refractivity contribution in [1.29, 1.82) is 0 Å². The van der Waals surface area contributed by atoms with E-state index in [0.717, 1.165) is 13.1 Å². The fraction of sp³-hybridized carbons (Fsp3) is 0.667. The van der Waals surface area contributed by atoms with E-state index in [1.807, 2.05) is 0 Å². The lowest BCUT2D eigenvalue weighted by Gasteiger charge is -1.98. The number of hydrogen-bond donors (Lipinski definition) is 2. The smallest absolute Gasteiger partial charge is 0.0794 e. The number of fused-ring (bicyclic) bond motifs is 1. The molecule has 3 nitrogen and oxygen atoms in total. The third-order valence-corrected chi connectivity index (χ3v) is 2.43. The second-order valence-corrected chi connectivity index (χ2v) is 3.26. The molecule has 0 bridgehead atoms. The Morgan fingerprint density at radius 1 is 1.50 bits per heavy atom. The van der Waals surface area contributed by atoms with Crippen LogP contribution in [-0.2, 0) is 19.4 Å². The molecule has 0 amide bonds. The molecule has 0 fully saturated rings. The van der Waals surface area contributed by atoms with Gasteiger partial charge in [0.25, 0.3) is 0 Å². The van der Waals surface area contributed by atoms with Crippen LogP contribution >= 0.6 is 0 Å². The lowest BCUT2D eigenvalue weighted by molar-refractivity contribution is 0.697. The van der Waals surface area contributed by atoms with Crippen molar-refractivity contribution >= 4 is 0 Å². The maximum Gasteiger partial charge on any atom is 0.0794 e. The molecule has 1 aromatic heterocycles. The minimum Gasteiger partial charge on any atom is -0.311 e. The minimum atomic E-state index is 0.919. The molecular formula is C9H15N3. The van der Waals surface area contributed by atoms with Gasteiger partial charge in [0.2, 0.25) is 0 Å². The number of hydrogen-bond acceptors (Lipinski definition) is 2. The summed E-state index contributed by atoms with van der Waals surface area (Å²) in [7, 11) is 0. The maximum absolute atomic E-state index is 4.29. The fourth-order valence-corrected chi connectivity index (χ4v) is 1.78. The van der Waals surface area contributed by atoms with Crippen molar-refractivity contribution in [2.24, 2.45) is 0 Å². The van der Waals surface area contributed by atoms with Crippen LogP contribution in [0.1, 0.15) is 30.3 Å². The van der Waals surface area contributed by atoms with Gasteiger partial charge >= 0.3 is 0 Å². The normalized spacial score (nSPS) is 15.1. The number of nitrogens with zero attached hydrogens (tertiary/aromatic N) is 1. The summed E-state index contributed by atoms with van der Waals surface area (Å²) < 4.78 is 0. The van der Waals surface area contributed by atoms with E-state index in [-0.39, 0.29) is 0 Å². The first-order chi connectivity index (χ1) is 5.92. The molecule has 0 atom stereocenters. The quantitative estimate of drug-likeness (QED) is 0.701. The topological polar surface area (TPSA) is 40.7 Å². The van der Waals surface area contributed by atoms with E-state index in [0.29, 0.717) is 0 Å². The van der Waals surface area contributed by atoms with Crippen LogP contribution in [0, 0.1) is 0 Å².